The maximum Gasteiger partial charge on any atom is 0.395 e. The van der Waals surface area contributed by atoms with E-state index in [-0.39, 0.29) is 5.01 Å². The number of thiazole rings is 1. The lowest BCUT2D eigenvalue weighted by molar-refractivity contribution is -0.127. The third kappa shape index (κ3) is 3.32. The van der Waals surface area contributed by atoms with Gasteiger partial charge in [0.25, 0.3) is 0 Å². The molecule has 96 valence electrons. The molecule has 0 radical (unpaired) electrons. The summed E-state index contributed by atoms with van der Waals surface area (Å²) in [5, 5.41) is 0.109. The molecule has 2 aromatic rings. The molecule has 0 aliphatic rings. The van der Waals surface area contributed by atoms with Gasteiger partial charge in [-0.25, -0.2) is 4.98 Å². The maximum atomic E-state index is 12.3. The van der Waals surface area contributed by atoms with E-state index in [1.807, 2.05) is 24.3 Å². The Hall–Kier alpha value is -0.880. The highest BCUT2D eigenvalue weighted by Gasteiger charge is 2.30. The Bertz CT molecular complexity index is 545. The largest absolute Gasteiger partial charge is 0.395 e. The van der Waals surface area contributed by atoms with Crippen molar-refractivity contribution >= 4 is 27.3 Å². The molecule has 0 amide bonds. The van der Waals surface area contributed by atoms with E-state index in [4.69, 9.17) is 0 Å². The SMILES string of the molecule is Cc1sc(CC(F)(F)F)nc1-c1ccc(Br)cc1. The molecule has 0 atom stereocenters. The summed E-state index contributed by atoms with van der Waals surface area (Å²) in [6.07, 6.45) is -5.17. The molecule has 1 heterocycles. The lowest BCUT2D eigenvalue weighted by Gasteiger charge is -2.01. The second-order valence-corrected chi connectivity index (χ2v) is 6.01. The van der Waals surface area contributed by atoms with Crippen LogP contribution in [0.4, 0.5) is 13.2 Å². The van der Waals surface area contributed by atoms with Gasteiger partial charge in [-0.2, -0.15) is 13.2 Å². The number of hydrogen-bond acceptors (Lipinski definition) is 2. The van der Waals surface area contributed by atoms with Crippen molar-refractivity contribution in [2.24, 2.45) is 0 Å². The molecule has 0 fully saturated rings. The minimum atomic E-state index is -4.21. The molecular weight excluding hydrogens is 327 g/mol. The van der Waals surface area contributed by atoms with Crippen molar-refractivity contribution in [1.82, 2.24) is 4.98 Å². The molecule has 18 heavy (non-hydrogen) atoms. The number of aryl methyl sites for hydroxylation is 1. The molecule has 1 nitrogen and oxygen atoms in total. The highest BCUT2D eigenvalue weighted by Crippen LogP contribution is 2.31. The topological polar surface area (TPSA) is 12.9 Å². The summed E-state index contributed by atoms with van der Waals surface area (Å²) < 4.78 is 37.8. The van der Waals surface area contributed by atoms with Crippen molar-refractivity contribution in [3.05, 3.63) is 38.6 Å². The first-order chi connectivity index (χ1) is 8.35. The van der Waals surface area contributed by atoms with Crippen LogP contribution in [0.15, 0.2) is 28.7 Å². The van der Waals surface area contributed by atoms with Gasteiger partial charge in [0.2, 0.25) is 0 Å². The lowest BCUT2D eigenvalue weighted by Crippen LogP contribution is -2.11. The van der Waals surface area contributed by atoms with E-state index in [2.05, 4.69) is 20.9 Å². The molecule has 0 bridgehead atoms. The van der Waals surface area contributed by atoms with Crippen LogP contribution < -0.4 is 0 Å². The van der Waals surface area contributed by atoms with Crippen LogP contribution in [0.3, 0.4) is 0 Å². The third-order valence-corrected chi connectivity index (χ3v) is 3.81. The van der Waals surface area contributed by atoms with Crippen LogP contribution in [0, 0.1) is 6.92 Å². The summed E-state index contributed by atoms with van der Waals surface area (Å²) in [7, 11) is 0. The molecule has 2 rings (SSSR count). The number of hydrogen-bond donors (Lipinski definition) is 0. The molecule has 0 saturated carbocycles. The molecule has 1 aromatic carbocycles. The van der Waals surface area contributed by atoms with Crippen molar-refractivity contribution in [2.75, 3.05) is 0 Å². The normalized spacial score (nSPS) is 11.8. The Balaban J connectivity index is 2.32. The molecule has 0 aliphatic heterocycles. The number of rotatable bonds is 2. The Labute approximate surface area is 115 Å². The molecule has 1 aromatic heterocycles. The monoisotopic (exact) mass is 335 g/mol. The number of nitrogens with zero attached hydrogens (tertiary/aromatic N) is 1. The average molecular weight is 336 g/mol. The molecule has 0 aliphatic carbocycles. The summed E-state index contributed by atoms with van der Waals surface area (Å²) >= 11 is 4.41. The van der Waals surface area contributed by atoms with Gasteiger partial charge < -0.3 is 0 Å². The van der Waals surface area contributed by atoms with Crippen LogP contribution in [-0.4, -0.2) is 11.2 Å². The average Bonchev–Trinajstić information content (AvgIpc) is 2.58. The van der Waals surface area contributed by atoms with Gasteiger partial charge in [0.05, 0.1) is 12.1 Å². The van der Waals surface area contributed by atoms with Crippen LogP contribution in [0.2, 0.25) is 0 Å². The number of benzene rings is 1. The summed E-state index contributed by atoms with van der Waals surface area (Å²) in [4.78, 5) is 4.88. The van der Waals surface area contributed by atoms with Crippen molar-refractivity contribution in [1.29, 1.82) is 0 Å². The van der Waals surface area contributed by atoms with Crippen LogP contribution >= 0.6 is 27.3 Å². The quantitative estimate of drug-likeness (QED) is 0.753. The summed E-state index contributed by atoms with van der Waals surface area (Å²) in [5.41, 5.74) is 1.46. The molecule has 6 heteroatoms. The summed E-state index contributed by atoms with van der Waals surface area (Å²) in [5.74, 6) is 0. The van der Waals surface area contributed by atoms with Gasteiger partial charge in [-0.05, 0) is 19.1 Å². The first-order valence-electron chi connectivity index (χ1n) is 5.14. The Kier molecular flexibility index (Phi) is 3.77. The molecule has 0 N–H and O–H groups in total. The van der Waals surface area contributed by atoms with E-state index in [9.17, 15) is 13.2 Å². The fourth-order valence-electron chi connectivity index (χ4n) is 1.57. The van der Waals surface area contributed by atoms with Crippen LogP contribution in [-0.2, 0) is 6.42 Å². The van der Waals surface area contributed by atoms with Crippen LogP contribution in [0.5, 0.6) is 0 Å². The van der Waals surface area contributed by atoms with Gasteiger partial charge in [-0.3, -0.25) is 0 Å². The van der Waals surface area contributed by atoms with E-state index < -0.39 is 12.6 Å². The van der Waals surface area contributed by atoms with Crippen molar-refractivity contribution in [3.8, 4) is 11.3 Å². The van der Waals surface area contributed by atoms with Crippen LogP contribution in [0.25, 0.3) is 11.3 Å². The molecular formula is C12H9BrF3NS. The van der Waals surface area contributed by atoms with Gasteiger partial charge in [0, 0.05) is 14.9 Å². The van der Waals surface area contributed by atoms with E-state index in [1.165, 1.54) is 0 Å². The minimum Gasteiger partial charge on any atom is -0.241 e. The zero-order valence-electron chi connectivity index (χ0n) is 9.38. The molecule has 0 spiro atoms. The van der Waals surface area contributed by atoms with Gasteiger partial charge >= 0.3 is 6.18 Å². The summed E-state index contributed by atoms with van der Waals surface area (Å²) in [6.45, 7) is 1.79. The molecule has 0 unspecified atom stereocenters. The Morgan fingerprint density at radius 1 is 1.22 bits per heavy atom. The van der Waals surface area contributed by atoms with Gasteiger partial charge in [0.15, 0.2) is 0 Å². The van der Waals surface area contributed by atoms with E-state index >= 15 is 0 Å². The second kappa shape index (κ2) is 5.01. The van der Waals surface area contributed by atoms with E-state index in [1.54, 1.807) is 6.92 Å². The third-order valence-electron chi connectivity index (χ3n) is 2.31. The Morgan fingerprint density at radius 3 is 2.39 bits per heavy atom. The highest BCUT2D eigenvalue weighted by molar-refractivity contribution is 9.10. The standard InChI is InChI=1S/C12H9BrF3NS/c1-7-11(8-2-4-9(13)5-3-8)17-10(18-7)6-12(14,15)16/h2-5H,6H2,1H3. The maximum absolute atomic E-state index is 12.3. The predicted molar refractivity (Wildman–Crippen MR) is 69.7 cm³/mol. The number of alkyl halides is 3. The number of aromatic nitrogens is 1. The van der Waals surface area contributed by atoms with Crippen molar-refractivity contribution in [2.45, 2.75) is 19.5 Å². The van der Waals surface area contributed by atoms with Crippen LogP contribution in [0.1, 0.15) is 9.88 Å². The fraction of sp³-hybridized carbons (Fsp3) is 0.250. The van der Waals surface area contributed by atoms with Crippen molar-refractivity contribution < 1.29 is 13.2 Å². The lowest BCUT2D eigenvalue weighted by atomic mass is 10.1. The second-order valence-electron chi connectivity index (χ2n) is 3.81. The first kappa shape index (κ1) is 13.5. The number of halogens is 4. The predicted octanol–water partition coefficient (Wildman–Crippen LogP) is 4.99. The fourth-order valence-corrected chi connectivity index (χ4v) is 2.82. The highest BCUT2D eigenvalue weighted by atomic mass is 79.9. The smallest absolute Gasteiger partial charge is 0.241 e. The van der Waals surface area contributed by atoms with Crippen molar-refractivity contribution in [3.63, 3.8) is 0 Å². The first-order valence-corrected chi connectivity index (χ1v) is 6.75. The Morgan fingerprint density at radius 2 is 1.83 bits per heavy atom. The zero-order valence-corrected chi connectivity index (χ0v) is 11.8. The van der Waals surface area contributed by atoms with E-state index in [0.29, 0.717) is 5.69 Å². The van der Waals surface area contributed by atoms with Gasteiger partial charge in [0.1, 0.15) is 5.01 Å². The summed E-state index contributed by atoms with van der Waals surface area (Å²) in [6, 6.07) is 7.36. The van der Waals surface area contributed by atoms with Gasteiger partial charge in [-0.1, -0.05) is 28.1 Å². The zero-order chi connectivity index (χ0) is 13.3. The molecule has 0 saturated heterocycles. The van der Waals surface area contributed by atoms with Gasteiger partial charge in [-0.15, -0.1) is 11.3 Å². The minimum absolute atomic E-state index is 0.109. The van der Waals surface area contributed by atoms with E-state index in [0.717, 1.165) is 26.3 Å².